The number of aromatic carboxylic acids is 2. The number of carbonyl (C=O) groups is 2. The zero-order valence-corrected chi connectivity index (χ0v) is 15.8. The Morgan fingerprint density at radius 1 is 0.840 bits per heavy atom. The van der Waals surface area contributed by atoms with Gasteiger partial charge in [0.1, 0.15) is 0 Å². The van der Waals surface area contributed by atoms with Crippen LogP contribution in [0.15, 0.2) is 18.2 Å². The Balaban J connectivity index is 3.44. The predicted molar refractivity (Wildman–Crippen MR) is 101 cm³/mol. The molecule has 0 unspecified atom stereocenters. The lowest BCUT2D eigenvalue weighted by Gasteiger charge is -2.36. The Hall–Kier alpha value is -1.84. The lowest BCUT2D eigenvalue weighted by molar-refractivity contribution is 0.0648. The van der Waals surface area contributed by atoms with Gasteiger partial charge in [0.05, 0.1) is 11.1 Å². The smallest absolute Gasteiger partial charge is 0.336 e. The summed E-state index contributed by atoms with van der Waals surface area (Å²) in [5.41, 5.74) is 0.332. The van der Waals surface area contributed by atoms with E-state index >= 15 is 0 Å². The summed E-state index contributed by atoms with van der Waals surface area (Å²) in [7, 11) is 0. The first-order valence-corrected chi connectivity index (χ1v) is 9.53. The van der Waals surface area contributed by atoms with Gasteiger partial charge in [-0.05, 0) is 36.3 Å². The van der Waals surface area contributed by atoms with Crippen molar-refractivity contribution in [2.75, 3.05) is 0 Å². The van der Waals surface area contributed by atoms with E-state index in [9.17, 15) is 19.8 Å². The first kappa shape index (κ1) is 21.2. The summed E-state index contributed by atoms with van der Waals surface area (Å²) in [6, 6.07) is 4.92. The average molecular weight is 348 g/mol. The molecule has 4 heteroatoms. The number of benzene rings is 1. The minimum atomic E-state index is -1.17. The third-order valence-electron chi connectivity index (χ3n) is 5.05. The molecule has 0 aliphatic carbocycles. The van der Waals surface area contributed by atoms with Gasteiger partial charge in [0.15, 0.2) is 0 Å². The van der Waals surface area contributed by atoms with Crippen molar-refractivity contribution in [2.24, 2.45) is 0 Å². The van der Waals surface area contributed by atoms with E-state index in [4.69, 9.17) is 0 Å². The second-order valence-electron chi connectivity index (χ2n) is 6.93. The van der Waals surface area contributed by atoms with Crippen molar-refractivity contribution in [1.29, 1.82) is 0 Å². The van der Waals surface area contributed by atoms with Crippen molar-refractivity contribution in [3.05, 3.63) is 34.9 Å². The standard InChI is InChI=1S/C21H32O4/c1-4-7-8-9-15-21(13-5-2,14-6-3)17-12-10-11-16(19(22)23)18(17)20(24)25/h10-12H,4-9,13-15H2,1-3H3,(H,22,23)(H,24,25). The normalized spacial score (nSPS) is 11.5. The summed E-state index contributed by atoms with van der Waals surface area (Å²) in [5.74, 6) is -2.31. The van der Waals surface area contributed by atoms with E-state index < -0.39 is 11.9 Å². The lowest BCUT2D eigenvalue weighted by Crippen LogP contribution is -2.30. The van der Waals surface area contributed by atoms with E-state index in [2.05, 4.69) is 20.8 Å². The highest BCUT2D eigenvalue weighted by molar-refractivity contribution is 6.03. The van der Waals surface area contributed by atoms with Gasteiger partial charge in [-0.2, -0.15) is 0 Å². The fourth-order valence-electron chi connectivity index (χ4n) is 4.03. The van der Waals surface area contributed by atoms with Crippen LogP contribution in [0.1, 0.15) is 105 Å². The Morgan fingerprint density at radius 2 is 1.48 bits per heavy atom. The van der Waals surface area contributed by atoms with Gasteiger partial charge in [-0.1, -0.05) is 71.4 Å². The Morgan fingerprint density at radius 3 is 1.96 bits per heavy atom. The maximum absolute atomic E-state index is 11.9. The molecule has 4 nitrogen and oxygen atoms in total. The zero-order chi connectivity index (χ0) is 18.9. The number of hydrogen-bond acceptors (Lipinski definition) is 2. The maximum Gasteiger partial charge on any atom is 0.336 e. The molecule has 0 saturated heterocycles. The van der Waals surface area contributed by atoms with Crippen LogP contribution in [0, 0.1) is 0 Å². The van der Waals surface area contributed by atoms with Crippen molar-refractivity contribution in [3.63, 3.8) is 0 Å². The number of unbranched alkanes of at least 4 members (excludes halogenated alkanes) is 3. The van der Waals surface area contributed by atoms with Gasteiger partial charge >= 0.3 is 11.9 Å². The van der Waals surface area contributed by atoms with Crippen LogP contribution >= 0.6 is 0 Å². The number of rotatable bonds is 12. The van der Waals surface area contributed by atoms with E-state index in [0.29, 0.717) is 5.56 Å². The van der Waals surface area contributed by atoms with Gasteiger partial charge in [0.25, 0.3) is 0 Å². The number of carboxylic acid groups (broad SMARTS) is 2. The van der Waals surface area contributed by atoms with Gasteiger partial charge in [0, 0.05) is 0 Å². The van der Waals surface area contributed by atoms with E-state index in [0.717, 1.165) is 51.4 Å². The highest BCUT2D eigenvalue weighted by atomic mass is 16.4. The molecule has 0 fully saturated rings. The van der Waals surface area contributed by atoms with Crippen LogP contribution in [0.4, 0.5) is 0 Å². The second-order valence-corrected chi connectivity index (χ2v) is 6.93. The van der Waals surface area contributed by atoms with Crippen molar-refractivity contribution < 1.29 is 19.8 Å². The van der Waals surface area contributed by atoms with Crippen LogP contribution < -0.4 is 0 Å². The van der Waals surface area contributed by atoms with Gasteiger partial charge in [0.2, 0.25) is 0 Å². The molecule has 0 heterocycles. The lowest BCUT2D eigenvalue weighted by atomic mass is 9.68. The summed E-state index contributed by atoms with van der Waals surface area (Å²) in [6.07, 6.45) is 9.09. The fourth-order valence-corrected chi connectivity index (χ4v) is 4.03. The molecule has 0 aliphatic heterocycles. The quantitative estimate of drug-likeness (QED) is 0.462. The summed E-state index contributed by atoms with van der Waals surface area (Å²) in [5, 5.41) is 19.2. The highest BCUT2D eigenvalue weighted by Crippen LogP contribution is 2.42. The maximum atomic E-state index is 11.9. The van der Waals surface area contributed by atoms with Crippen LogP contribution in [0.5, 0.6) is 0 Å². The third-order valence-corrected chi connectivity index (χ3v) is 5.05. The van der Waals surface area contributed by atoms with Gasteiger partial charge in [-0.25, -0.2) is 9.59 Å². The molecule has 0 aromatic heterocycles. The van der Waals surface area contributed by atoms with E-state index in [-0.39, 0.29) is 16.5 Å². The van der Waals surface area contributed by atoms with Crippen LogP contribution in [0.2, 0.25) is 0 Å². The second kappa shape index (κ2) is 10.2. The van der Waals surface area contributed by atoms with Crippen LogP contribution in [-0.4, -0.2) is 22.2 Å². The topological polar surface area (TPSA) is 74.6 Å². The largest absolute Gasteiger partial charge is 0.478 e. The zero-order valence-electron chi connectivity index (χ0n) is 15.8. The Bertz CT molecular complexity index is 571. The molecule has 0 radical (unpaired) electrons. The Kier molecular flexibility index (Phi) is 8.67. The molecular formula is C21H32O4. The minimum Gasteiger partial charge on any atom is -0.478 e. The van der Waals surface area contributed by atoms with Crippen LogP contribution in [0.25, 0.3) is 0 Å². The highest BCUT2D eigenvalue weighted by Gasteiger charge is 2.35. The van der Waals surface area contributed by atoms with Crippen LogP contribution in [-0.2, 0) is 5.41 Å². The molecule has 25 heavy (non-hydrogen) atoms. The predicted octanol–water partition coefficient (Wildman–Crippen LogP) is 5.89. The van der Waals surface area contributed by atoms with E-state index in [1.807, 2.05) is 6.07 Å². The summed E-state index contributed by atoms with van der Waals surface area (Å²) in [4.78, 5) is 23.5. The summed E-state index contributed by atoms with van der Waals surface area (Å²) in [6.45, 7) is 6.39. The van der Waals surface area contributed by atoms with Gasteiger partial charge in [-0.15, -0.1) is 0 Å². The molecule has 2 N–H and O–H groups in total. The van der Waals surface area contributed by atoms with E-state index in [1.54, 1.807) is 6.07 Å². The van der Waals surface area contributed by atoms with Gasteiger partial charge in [-0.3, -0.25) is 0 Å². The molecule has 0 saturated carbocycles. The molecule has 0 spiro atoms. The molecule has 140 valence electrons. The number of carboxylic acids is 2. The Labute approximate surface area is 151 Å². The molecule has 0 amide bonds. The fraction of sp³-hybridized carbons (Fsp3) is 0.619. The van der Waals surface area contributed by atoms with Crippen molar-refractivity contribution >= 4 is 11.9 Å². The molecule has 0 atom stereocenters. The molecule has 1 aromatic carbocycles. The molecule has 0 bridgehead atoms. The first-order valence-electron chi connectivity index (χ1n) is 9.53. The monoisotopic (exact) mass is 348 g/mol. The van der Waals surface area contributed by atoms with Crippen molar-refractivity contribution in [1.82, 2.24) is 0 Å². The van der Waals surface area contributed by atoms with Crippen molar-refractivity contribution in [2.45, 2.75) is 84.0 Å². The minimum absolute atomic E-state index is 0.0209. The van der Waals surface area contributed by atoms with E-state index in [1.165, 1.54) is 12.5 Å². The molecule has 1 rings (SSSR count). The van der Waals surface area contributed by atoms with Crippen molar-refractivity contribution in [3.8, 4) is 0 Å². The third kappa shape index (κ3) is 5.32. The molecule has 0 aliphatic rings. The summed E-state index contributed by atoms with van der Waals surface area (Å²) < 4.78 is 0. The number of hydrogen-bond donors (Lipinski definition) is 2. The molecular weight excluding hydrogens is 316 g/mol. The van der Waals surface area contributed by atoms with Crippen LogP contribution in [0.3, 0.4) is 0 Å². The molecule has 1 aromatic rings. The summed E-state index contributed by atoms with van der Waals surface area (Å²) >= 11 is 0. The van der Waals surface area contributed by atoms with Gasteiger partial charge < -0.3 is 10.2 Å². The SMILES string of the molecule is CCCCCCC(CCC)(CCC)c1cccc(C(=O)O)c1C(=O)O. The average Bonchev–Trinajstić information content (AvgIpc) is 2.58. The first-order chi connectivity index (χ1) is 11.9.